The molecule has 0 unspecified atom stereocenters. The summed E-state index contributed by atoms with van der Waals surface area (Å²) in [6.45, 7) is 5.57. The number of aryl methyl sites for hydroxylation is 2. The quantitative estimate of drug-likeness (QED) is 0.800. The zero-order valence-corrected chi connectivity index (χ0v) is 16.9. The summed E-state index contributed by atoms with van der Waals surface area (Å²) in [6, 6.07) is 11.3. The number of carbonyl (C=O) groups excluding carboxylic acids is 1. The summed E-state index contributed by atoms with van der Waals surface area (Å²) in [5.41, 5.74) is 2.91. The first-order valence-corrected chi connectivity index (χ1v) is 10.5. The Kier molecular flexibility index (Phi) is 6.31. The molecule has 1 amide bonds. The number of halogens is 1. The van der Waals surface area contributed by atoms with Gasteiger partial charge in [-0.2, -0.15) is 0 Å². The predicted molar refractivity (Wildman–Crippen MR) is 107 cm³/mol. The minimum Gasteiger partial charge on any atom is -0.324 e. The number of rotatable bonds is 6. The average molecular weight is 395 g/mol. The van der Waals surface area contributed by atoms with E-state index in [1.807, 2.05) is 19.9 Å². The molecule has 0 spiro atoms. The highest BCUT2D eigenvalue weighted by molar-refractivity contribution is 7.92. The van der Waals surface area contributed by atoms with Gasteiger partial charge in [-0.25, -0.2) is 8.42 Å². The highest BCUT2D eigenvalue weighted by Gasteiger charge is 2.31. The fourth-order valence-electron chi connectivity index (χ4n) is 2.90. The first kappa shape index (κ1) is 20.3. The van der Waals surface area contributed by atoms with Crippen LogP contribution >= 0.6 is 11.6 Å². The maximum Gasteiger partial charge on any atom is 0.248 e. The summed E-state index contributed by atoms with van der Waals surface area (Å²) in [7, 11) is -3.66. The van der Waals surface area contributed by atoms with Crippen LogP contribution in [0.5, 0.6) is 0 Å². The Balaban J connectivity index is 2.40. The van der Waals surface area contributed by atoms with Crippen LogP contribution in [-0.4, -0.2) is 26.6 Å². The number of hydrogen-bond acceptors (Lipinski definition) is 3. The number of nitrogens with one attached hydrogen (secondary N) is 1. The molecule has 7 heteroatoms. The van der Waals surface area contributed by atoms with Gasteiger partial charge in [-0.1, -0.05) is 24.6 Å². The number of nitrogens with zero attached hydrogens (tertiary/aromatic N) is 1. The average Bonchev–Trinajstić information content (AvgIpc) is 2.52. The van der Waals surface area contributed by atoms with Crippen molar-refractivity contribution in [2.24, 2.45) is 0 Å². The van der Waals surface area contributed by atoms with Crippen LogP contribution in [-0.2, 0) is 14.8 Å². The second-order valence-electron chi connectivity index (χ2n) is 6.32. The van der Waals surface area contributed by atoms with E-state index in [4.69, 9.17) is 11.6 Å². The van der Waals surface area contributed by atoms with E-state index in [2.05, 4.69) is 5.32 Å². The number of hydrogen-bond donors (Lipinski definition) is 1. The highest BCUT2D eigenvalue weighted by Crippen LogP contribution is 2.26. The molecule has 0 fully saturated rings. The first-order valence-electron chi connectivity index (χ1n) is 8.26. The van der Waals surface area contributed by atoms with Crippen LogP contribution in [0.4, 0.5) is 11.4 Å². The molecule has 1 N–H and O–H groups in total. The van der Waals surface area contributed by atoms with Gasteiger partial charge in [0, 0.05) is 10.7 Å². The van der Waals surface area contributed by atoms with Crippen LogP contribution in [0.2, 0.25) is 5.02 Å². The first-order chi connectivity index (χ1) is 12.1. The van der Waals surface area contributed by atoms with Crippen LogP contribution in [0.1, 0.15) is 24.5 Å². The smallest absolute Gasteiger partial charge is 0.248 e. The Morgan fingerprint density at radius 2 is 1.65 bits per heavy atom. The molecule has 0 saturated heterocycles. The van der Waals surface area contributed by atoms with E-state index < -0.39 is 16.1 Å². The zero-order valence-electron chi connectivity index (χ0n) is 15.3. The monoisotopic (exact) mass is 394 g/mol. The van der Waals surface area contributed by atoms with E-state index in [1.165, 1.54) is 4.31 Å². The fourth-order valence-corrected chi connectivity index (χ4v) is 4.22. The maximum atomic E-state index is 12.8. The Labute approximate surface area is 160 Å². The van der Waals surface area contributed by atoms with Gasteiger partial charge < -0.3 is 5.32 Å². The van der Waals surface area contributed by atoms with Crippen molar-refractivity contribution in [1.29, 1.82) is 0 Å². The van der Waals surface area contributed by atoms with Gasteiger partial charge in [0.2, 0.25) is 15.9 Å². The molecule has 2 aromatic rings. The van der Waals surface area contributed by atoms with Crippen LogP contribution in [0, 0.1) is 13.8 Å². The van der Waals surface area contributed by atoms with E-state index in [1.54, 1.807) is 43.3 Å². The van der Waals surface area contributed by atoms with Crippen molar-refractivity contribution < 1.29 is 13.2 Å². The third kappa shape index (κ3) is 4.99. The molecule has 0 aromatic heterocycles. The summed E-state index contributed by atoms with van der Waals surface area (Å²) in [5, 5.41) is 3.33. The normalized spacial score (nSPS) is 12.5. The van der Waals surface area contributed by atoms with Crippen molar-refractivity contribution in [3.05, 3.63) is 58.6 Å². The van der Waals surface area contributed by atoms with Crippen LogP contribution in [0.15, 0.2) is 42.5 Å². The fraction of sp³-hybridized carbons (Fsp3) is 0.316. The Bertz CT molecular complexity index is 875. The number of benzene rings is 2. The Morgan fingerprint density at radius 3 is 2.12 bits per heavy atom. The van der Waals surface area contributed by atoms with Crippen molar-refractivity contribution in [1.82, 2.24) is 0 Å². The highest BCUT2D eigenvalue weighted by atomic mass is 35.5. The maximum absolute atomic E-state index is 12.8. The van der Waals surface area contributed by atoms with Gasteiger partial charge in [0.1, 0.15) is 6.04 Å². The lowest BCUT2D eigenvalue weighted by Gasteiger charge is -2.30. The molecule has 0 aliphatic carbocycles. The van der Waals surface area contributed by atoms with Crippen molar-refractivity contribution in [2.75, 3.05) is 15.9 Å². The molecule has 0 radical (unpaired) electrons. The summed E-state index contributed by atoms with van der Waals surface area (Å²) < 4.78 is 26.2. The molecular formula is C19H23ClN2O3S. The van der Waals surface area contributed by atoms with Gasteiger partial charge in [0.05, 0.1) is 11.9 Å². The van der Waals surface area contributed by atoms with Gasteiger partial charge in [0.25, 0.3) is 0 Å². The molecule has 0 heterocycles. The van der Waals surface area contributed by atoms with Crippen molar-refractivity contribution in [3.63, 3.8) is 0 Å². The summed E-state index contributed by atoms with van der Waals surface area (Å²) in [5.74, 6) is -0.389. The number of amides is 1. The standard InChI is InChI=1S/C19H23ClN2O3S/c1-5-18(19(23)21-16-8-6-15(20)7-9-16)22(26(4,24)25)17-11-13(2)10-14(3)12-17/h6-12,18H,5H2,1-4H3,(H,21,23)/t18-/m0/s1. The second-order valence-corrected chi connectivity index (χ2v) is 8.62. The topological polar surface area (TPSA) is 66.5 Å². The third-order valence-electron chi connectivity index (χ3n) is 3.90. The van der Waals surface area contributed by atoms with E-state index in [0.29, 0.717) is 22.8 Å². The van der Waals surface area contributed by atoms with Gasteiger partial charge in [-0.05, 0) is 67.8 Å². The molecule has 26 heavy (non-hydrogen) atoms. The van der Waals surface area contributed by atoms with Gasteiger partial charge in [-0.15, -0.1) is 0 Å². The van der Waals surface area contributed by atoms with Crippen molar-refractivity contribution in [2.45, 2.75) is 33.2 Å². The molecular weight excluding hydrogens is 372 g/mol. The van der Waals surface area contributed by atoms with E-state index in [9.17, 15) is 13.2 Å². The molecule has 0 saturated carbocycles. The lowest BCUT2D eigenvalue weighted by atomic mass is 10.1. The SMILES string of the molecule is CC[C@@H](C(=O)Nc1ccc(Cl)cc1)N(c1cc(C)cc(C)c1)S(C)(=O)=O. The van der Waals surface area contributed by atoms with E-state index >= 15 is 0 Å². The van der Waals surface area contributed by atoms with Crippen LogP contribution in [0.3, 0.4) is 0 Å². The van der Waals surface area contributed by atoms with Gasteiger partial charge in [0.15, 0.2) is 0 Å². The van der Waals surface area contributed by atoms with Crippen LogP contribution in [0.25, 0.3) is 0 Å². The zero-order chi connectivity index (χ0) is 19.5. The molecule has 1 atom stereocenters. The largest absolute Gasteiger partial charge is 0.324 e. The van der Waals surface area contributed by atoms with Crippen LogP contribution < -0.4 is 9.62 Å². The van der Waals surface area contributed by atoms with Gasteiger partial charge >= 0.3 is 0 Å². The molecule has 0 bridgehead atoms. The lowest BCUT2D eigenvalue weighted by Crippen LogP contribution is -2.47. The van der Waals surface area contributed by atoms with Crippen molar-refractivity contribution in [3.8, 4) is 0 Å². The molecule has 2 rings (SSSR count). The third-order valence-corrected chi connectivity index (χ3v) is 5.33. The Morgan fingerprint density at radius 1 is 1.12 bits per heavy atom. The minimum absolute atomic E-state index is 0.333. The predicted octanol–water partition coefficient (Wildman–Crippen LogP) is 4.14. The molecule has 5 nitrogen and oxygen atoms in total. The van der Waals surface area contributed by atoms with Gasteiger partial charge in [-0.3, -0.25) is 9.10 Å². The molecule has 0 aliphatic heterocycles. The number of sulfonamides is 1. The molecule has 2 aromatic carbocycles. The molecule has 0 aliphatic rings. The Hall–Kier alpha value is -2.05. The summed E-state index contributed by atoms with van der Waals surface area (Å²) in [6.07, 6.45) is 1.45. The number of anilines is 2. The van der Waals surface area contributed by atoms with E-state index in [-0.39, 0.29) is 5.91 Å². The van der Waals surface area contributed by atoms with Crippen molar-refractivity contribution >= 4 is 38.9 Å². The minimum atomic E-state index is -3.66. The second kappa shape index (κ2) is 8.10. The summed E-state index contributed by atoms with van der Waals surface area (Å²) >= 11 is 5.86. The molecule has 140 valence electrons. The summed E-state index contributed by atoms with van der Waals surface area (Å²) in [4.78, 5) is 12.8. The van der Waals surface area contributed by atoms with E-state index in [0.717, 1.165) is 17.4 Å². The number of carbonyl (C=O) groups is 1. The lowest BCUT2D eigenvalue weighted by molar-refractivity contribution is -0.117.